The van der Waals surface area contributed by atoms with Crippen molar-refractivity contribution in [3.8, 4) is 11.8 Å². The Morgan fingerprint density at radius 3 is 3.00 bits per heavy atom. The fraction of sp³-hybridized carbons (Fsp3) is 0.214. The number of benzene rings is 1. The average molecular weight is 287 g/mol. The molecule has 0 unspecified atom stereocenters. The van der Waals surface area contributed by atoms with Gasteiger partial charge in [-0.3, -0.25) is 4.79 Å². The molecule has 1 N–H and O–H groups in total. The molecule has 2 rings (SSSR count). The summed E-state index contributed by atoms with van der Waals surface area (Å²) in [5.74, 6) is 0.167. The van der Waals surface area contributed by atoms with E-state index < -0.39 is 0 Å². The Kier molecular flexibility index (Phi) is 4.69. The third-order valence-corrected chi connectivity index (χ3v) is 3.44. The predicted molar refractivity (Wildman–Crippen MR) is 75.3 cm³/mol. The van der Waals surface area contributed by atoms with Crippen LogP contribution in [-0.2, 0) is 11.3 Å². The van der Waals surface area contributed by atoms with E-state index in [2.05, 4.69) is 10.3 Å². The summed E-state index contributed by atoms with van der Waals surface area (Å²) in [6.45, 7) is 2.17. The Labute approximate surface area is 120 Å². The van der Waals surface area contributed by atoms with Gasteiger partial charge in [0.2, 0.25) is 0 Å². The van der Waals surface area contributed by atoms with Crippen molar-refractivity contribution in [2.24, 2.45) is 0 Å². The lowest BCUT2D eigenvalue weighted by atomic mass is 10.2. The number of thiazole rings is 1. The molecule has 1 heterocycles. The van der Waals surface area contributed by atoms with E-state index in [1.807, 2.05) is 18.4 Å². The van der Waals surface area contributed by atoms with Crippen LogP contribution in [0, 0.1) is 18.3 Å². The number of hydrogen-bond donors (Lipinski definition) is 1. The highest BCUT2D eigenvalue weighted by molar-refractivity contribution is 7.09. The van der Waals surface area contributed by atoms with Crippen LogP contribution in [0.25, 0.3) is 0 Å². The highest BCUT2D eigenvalue weighted by Gasteiger charge is 2.07. The maximum atomic E-state index is 11.7. The number of aryl methyl sites for hydroxylation is 1. The fourth-order valence-corrected chi connectivity index (χ4v) is 2.25. The molecule has 0 aliphatic carbocycles. The van der Waals surface area contributed by atoms with Gasteiger partial charge in [0.25, 0.3) is 5.91 Å². The van der Waals surface area contributed by atoms with Gasteiger partial charge >= 0.3 is 0 Å². The van der Waals surface area contributed by atoms with Gasteiger partial charge in [-0.05, 0) is 19.1 Å². The monoisotopic (exact) mass is 287 g/mol. The summed E-state index contributed by atoms with van der Waals surface area (Å²) < 4.78 is 5.33. The number of amides is 1. The van der Waals surface area contributed by atoms with Crippen molar-refractivity contribution in [1.29, 1.82) is 5.26 Å². The molecular weight excluding hydrogens is 274 g/mol. The second kappa shape index (κ2) is 6.68. The number of rotatable bonds is 5. The van der Waals surface area contributed by atoms with Crippen LogP contribution in [0.4, 0.5) is 0 Å². The van der Waals surface area contributed by atoms with Crippen LogP contribution in [0.15, 0.2) is 29.6 Å². The first kappa shape index (κ1) is 14.0. The average Bonchev–Trinajstić information content (AvgIpc) is 2.89. The van der Waals surface area contributed by atoms with Crippen LogP contribution in [0.5, 0.6) is 5.75 Å². The smallest absolute Gasteiger partial charge is 0.258 e. The van der Waals surface area contributed by atoms with Crippen LogP contribution in [-0.4, -0.2) is 17.5 Å². The Balaban J connectivity index is 1.82. The van der Waals surface area contributed by atoms with Crippen molar-refractivity contribution < 1.29 is 9.53 Å². The molecule has 0 saturated heterocycles. The van der Waals surface area contributed by atoms with Gasteiger partial charge in [-0.25, -0.2) is 4.98 Å². The van der Waals surface area contributed by atoms with Crippen LogP contribution >= 0.6 is 11.3 Å². The van der Waals surface area contributed by atoms with Gasteiger partial charge in [-0.2, -0.15) is 5.26 Å². The van der Waals surface area contributed by atoms with Crippen LogP contribution in [0.2, 0.25) is 0 Å². The second-order valence-electron chi connectivity index (χ2n) is 4.06. The van der Waals surface area contributed by atoms with E-state index >= 15 is 0 Å². The maximum absolute atomic E-state index is 11.7. The van der Waals surface area contributed by atoms with Gasteiger partial charge in [0.05, 0.1) is 12.1 Å². The molecule has 1 aromatic heterocycles. The predicted octanol–water partition coefficient (Wildman–Crippen LogP) is 2.02. The van der Waals surface area contributed by atoms with Gasteiger partial charge in [0.1, 0.15) is 16.8 Å². The molecule has 0 saturated carbocycles. The van der Waals surface area contributed by atoms with E-state index in [1.165, 1.54) is 11.3 Å². The molecule has 20 heavy (non-hydrogen) atoms. The minimum absolute atomic E-state index is 0.122. The zero-order chi connectivity index (χ0) is 14.4. The number of nitrogens with zero attached hydrogens (tertiary/aromatic N) is 2. The third-order valence-electron chi connectivity index (χ3n) is 2.47. The van der Waals surface area contributed by atoms with Crippen LogP contribution < -0.4 is 10.1 Å². The van der Waals surface area contributed by atoms with Crippen molar-refractivity contribution in [2.75, 3.05) is 6.61 Å². The molecule has 0 aliphatic heterocycles. The zero-order valence-corrected chi connectivity index (χ0v) is 11.7. The molecule has 0 aliphatic rings. The minimum atomic E-state index is -0.245. The van der Waals surface area contributed by atoms with Crippen molar-refractivity contribution >= 4 is 17.2 Å². The zero-order valence-electron chi connectivity index (χ0n) is 10.9. The lowest BCUT2D eigenvalue weighted by Crippen LogP contribution is -2.28. The molecule has 1 aromatic carbocycles. The van der Waals surface area contributed by atoms with Gasteiger partial charge in [0, 0.05) is 11.1 Å². The lowest BCUT2D eigenvalue weighted by molar-refractivity contribution is -0.123. The number of aromatic nitrogens is 1. The van der Waals surface area contributed by atoms with Gasteiger partial charge < -0.3 is 10.1 Å². The number of para-hydroxylation sites is 1. The Morgan fingerprint density at radius 1 is 1.50 bits per heavy atom. The standard InChI is InChI=1S/C14H13N3O2S/c1-10-9-20-14(17-10)7-16-13(18)8-19-12-5-3-2-4-11(12)6-15/h2-5,9H,7-8H2,1H3,(H,16,18). The summed E-state index contributed by atoms with van der Waals surface area (Å²) in [6.07, 6.45) is 0. The second-order valence-corrected chi connectivity index (χ2v) is 5.00. The molecular formula is C14H13N3O2S. The first-order chi connectivity index (χ1) is 9.69. The molecule has 2 aromatic rings. The van der Waals surface area contributed by atoms with E-state index in [4.69, 9.17) is 10.00 Å². The Hall–Kier alpha value is -2.39. The van der Waals surface area contributed by atoms with E-state index in [0.29, 0.717) is 17.9 Å². The Morgan fingerprint density at radius 2 is 2.30 bits per heavy atom. The number of ether oxygens (including phenoxy) is 1. The lowest BCUT2D eigenvalue weighted by Gasteiger charge is -2.07. The third kappa shape index (κ3) is 3.80. The molecule has 0 spiro atoms. The minimum Gasteiger partial charge on any atom is -0.482 e. The molecule has 102 valence electrons. The summed E-state index contributed by atoms with van der Waals surface area (Å²) >= 11 is 1.50. The quantitative estimate of drug-likeness (QED) is 0.913. The van der Waals surface area contributed by atoms with E-state index in [0.717, 1.165) is 10.7 Å². The fourth-order valence-electron chi connectivity index (χ4n) is 1.54. The first-order valence-corrected chi connectivity index (χ1v) is 6.86. The highest BCUT2D eigenvalue weighted by atomic mass is 32.1. The molecule has 1 amide bonds. The Bertz CT molecular complexity index is 646. The number of carbonyl (C=O) groups is 1. The van der Waals surface area contributed by atoms with Crippen molar-refractivity contribution in [3.05, 3.63) is 45.9 Å². The first-order valence-electron chi connectivity index (χ1n) is 5.98. The topological polar surface area (TPSA) is 75.0 Å². The number of nitriles is 1. The molecule has 5 nitrogen and oxygen atoms in total. The van der Waals surface area contributed by atoms with Gasteiger partial charge in [-0.15, -0.1) is 11.3 Å². The summed E-state index contributed by atoms with van der Waals surface area (Å²) in [5, 5.41) is 14.4. The summed E-state index contributed by atoms with van der Waals surface area (Å²) in [5.41, 5.74) is 1.36. The van der Waals surface area contributed by atoms with Crippen molar-refractivity contribution in [3.63, 3.8) is 0 Å². The van der Waals surface area contributed by atoms with Crippen molar-refractivity contribution in [2.45, 2.75) is 13.5 Å². The van der Waals surface area contributed by atoms with Gasteiger partial charge in [0.15, 0.2) is 6.61 Å². The summed E-state index contributed by atoms with van der Waals surface area (Å²) in [6, 6.07) is 8.82. The SMILES string of the molecule is Cc1csc(CNC(=O)COc2ccccc2C#N)n1. The molecule has 0 fully saturated rings. The summed E-state index contributed by atoms with van der Waals surface area (Å²) in [7, 11) is 0. The number of nitrogens with one attached hydrogen (secondary N) is 1. The number of hydrogen-bond acceptors (Lipinski definition) is 5. The largest absolute Gasteiger partial charge is 0.482 e. The van der Waals surface area contributed by atoms with Crippen molar-refractivity contribution in [1.82, 2.24) is 10.3 Å². The summed E-state index contributed by atoms with van der Waals surface area (Å²) in [4.78, 5) is 15.9. The molecule has 0 radical (unpaired) electrons. The van der Waals surface area contributed by atoms with E-state index in [1.54, 1.807) is 24.3 Å². The van der Waals surface area contributed by atoms with Crippen LogP contribution in [0.1, 0.15) is 16.3 Å². The molecule has 0 bridgehead atoms. The van der Waals surface area contributed by atoms with E-state index in [9.17, 15) is 4.79 Å². The normalized spacial score (nSPS) is 9.80. The molecule has 6 heteroatoms. The highest BCUT2D eigenvalue weighted by Crippen LogP contribution is 2.16. The molecule has 0 atom stereocenters. The van der Waals surface area contributed by atoms with Crippen LogP contribution in [0.3, 0.4) is 0 Å². The maximum Gasteiger partial charge on any atom is 0.258 e. The van der Waals surface area contributed by atoms with E-state index in [-0.39, 0.29) is 12.5 Å². The number of carbonyl (C=O) groups excluding carboxylic acids is 1. The van der Waals surface area contributed by atoms with Gasteiger partial charge in [-0.1, -0.05) is 12.1 Å².